The van der Waals surface area contributed by atoms with E-state index in [0.29, 0.717) is 13.1 Å². The molecule has 0 saturated carbocycles. The summed E-state index contributed by atoms with van der Waals surface area (Å²) in [7, 11) is 0. The molecule has 0 aliphatic carbocycles. The Morgan fingerprint density at radius 1 is 1.47 bits per heavy atom. The van der Waals surface area contributed by atoms with Crippen molar-refractivity contribution in [1.82, 2.24) is 5.32 Å². The Morgan fingerprint density at radius 2 is 2.12 bits per heavy atom. The van der Waals surface area contributed by atoms with Crippen molar-refractivity contribution in [3.63, 3.8) is 0 Å². The van der Waals surface area contributed by atoms with Crippen molar-refractivity contribution < 1.29 is 9.50 Å². The van der Waals surface area contributed by atoms with Gasteiger partial charge in [-0.15, -0.1) is 0 Å². The highest BCUT2D eigenvalue weighted by Crippen LogP contribution is 2.17. The molecular weight excluding hydrogens is 241 g/mol. The predicted molar refractivity (Wildman–Crippen MR) is 68.6 cm³/mol. The molecule has 0 spiro atoms. The second-order valence-electron chi connectivity index (χ2n) is 4.86. The van der Waals surface area contributed by atoms with E-state index in [1.807, 2.05) is 13.8 Å². The van der Waals surface area contributed by atoms with E-state index in [2.05, 4.69) is 5.32 Å². The van der Waals surface area contributed by atoms with Crippen LogP contribution in [0.2, 0.25) is 5.02 Å². The van der Waals surface area contributed by atoms with E-state index in [0.717, 1.165) is 5.56 Å². The molecule has 2 nitrogen and oxygen atoms in total. The van der Waals surface area contributed by atoms with E-state index in [1.165, 1.54) is 6.07 Å². The maximum absolute atomic E-state index is 12.9. The molecule has 96 valence electrons. The van der Waals surface area contributed by atoms with Gasteiger partial charge in [-0.25, -0.2) is 4.39 Å². The van der Waals surface area contributed by atoms with E-state index in [-0.39, 0.29) is 10.9 Å². The first-order valence-electron chi connectivity index (χ1n) is 5.70. The van der Waals surface area contributed by atoms with Crippen LogP contribution in [0.5, 0.6) is 0 Å². The third-order valence-electron chi connectivity index (χ3n) is 3.04. The van der Waals surface area contributed by atoms with Crippen molar-refractivity contribution in [2.24, 2.45) is 5.92 Å². The van der Waals surface area contributed by atoms with Crippen LogP contribution in [0, 0.1) is 11.7 Å². The second kappa shape index (κ2) is 5.80. The van der Waals surface area contributed by atoms with Gasteiger partial charge in [-0.3, -0.25) is 0 Å². The van der Waals surface area contributed by atoms with Crippen LogP contribution in [0.1, 0.15) is 26.3 Å². The Bertz CT molecular complexity index is 380. The fourth-order valence-corrected chi connectivity index (χ4v) is 1.52. The lowest BCUT2D eigenvalue weighted by molar-refractivity contribution is 0.0140. The summed E-state index contributed by atoms with van der Waals surface area (Å²) in [6, 6.07) is 4.62. The summed E-state index contributed by atoms with van der Waals surface area (Å²) in [5, 5.41) is 13.3. The summed E-state index contributed by atoms with van der Waals surface area (Å²) in [5.41, 5.74) is 0.153. The van der Waals surface area contributed by atoms with Gasteiger partial charge in [0, 0.05) is 13.1 Å². The van der Waals surface area contributed by atoms with Gasteiger partial charge >= 0.3 is 0 Å². The first-order valence-corrected chi connectivity index (χ1v) is 6.08. The Hall–Kier alpha value is -0.640. The van der Waals surface area contributed by atoms with Gasteiger partial charge in [0.25, 0.3) is 0 Å². The van der Waals surface area contributed by atoms with Crippen LogP contribution in [0.3, 0.4) is 0 Å². The van der Waals surface area contributed by atoms with Gasteiger partial charge in [0.2, 0.25) is 0 Å². The predicted octanol–water partition coefficient (Wildman–Crippen LogP) is 2.98. The number of nitrogens with one attached hydrogen (secondary N) is 1. The minimum Gasteiger partial charge on any atom is -0.389 e. The molecule has 1 rings (SSSR count). The quantitative estimate of drug-likeness (QED) is 0.852. The molecule has 1 aromatic carbocycles. The van der Waals surface area contributed by atoms with Crippen molar-refractivity contribution in [2.75, 3.05) is 6.54 Å². The third-order valence-corrected chi connectivity index (χ3v) is 3.33. The third kappa shape index (κ3) is 4.26. The molecule has 4 heteroatoms. The fourth-order valence-electron chi connectivity index (χ4n) is 1.31. The zero-order valence-corrected chi connectivity index (χ0v) is 11.2. The van der Waals surface area contributed by atoms with Gasteiger partial charge in [-0.05, 0) is 30.5 Å². The average molecular weight is 260 g/mol. The molecule has 0 bridgehead atoms. The number of aliphatic hydroxyl groups is 1. The van der Waals surface area contributed by atoms with Crippen LogP contribution < -0.4 is 5.32 Å². The molecule has 0 saturated heterocycles. The van der Waals surface area contributed by atoms with E-state index < -0.39 is 11.4 Å². The summed E-state index contributed by atoms with van der Waals surface area (Å²) in [6.45, 7) is 6.78. The van der Waals surface area contributed by atoms with Gasteiger partial charge in [0.15, 0.2) is 0 Å². The van der Waals surface area contributed by atoms with E-state index in [1.54, 1.807) is 19.1 Å². The Labute approximate surface area is 107 Å². The SMILES string of the molecule is CC(C)C(C)(O)CNCc1ccc(F)c(Cl)c1. The van der Waals surface area contributed by atoms with Crippen LogP contribution in [-0.2, 0) is 6.54 Å². The molecular formula is C13H19ClFNO. The summed E-state index contributed by atoms with van der Waals surface area (Å²) < 4.78 is 12.9. The van der Waals surface area contributed by atoms with Crippen LogP contribution in [-0.4, -0.2) is 17.3 Å². The van der Waals surface area contributed by atoms with Crippen molar-refractivity contribution in [3.05, 3.63) is 34.6 Å². The number of rotatable bonds is 5. The standard InChI is InChI=1S/C13H19ClFNO/c1-9(2)13(3,17)8-16-7-10-4-5-12(15)11(14)6-10/h4-6,9,16-17H,7-8H2,1-3H3. The highest BCUT2D eigenvalue weighted by atomic mass is 35.5. The molecule has 0 aromatic heterocycles. The number of benzene rings is 1. The lowest BCUT2D eigenvalue weighted by Crippen LogP contribution is -2.41. The molecule has 2 N–H and O–H groups in total. The number of halogens is 2. The van der Waals surface area contributed by atoms with Crippen molar-refractivity contribution in [2.45, 2.75) is 32.9 Å². The zero-order chi connectivity index (χ0) is 13.1. The van der Waals surface area contributed by atoms with Crippen LogP contribution in [0.25, 0.3) is 0 Å². The summed E-state index contributed by atoms with van der Waals surface area (Å²) in [6.07, 6.45) is 0. The summed E-state index contributed by atoms with van der Waals surface area (Å²) >= 11 is 5.68. The molecule has 0 fully saturated rings. The van der Waals surface area contributed by atoms with Crippen molar-refractivity contribution >= 4 is 11.6 Å². The molecule has 0 aliphatic heterocycles. The van der Waals surface area contributed by atoms with E-state index in [4.69, 9.17) is 11.6 Å². The maximum atomic E-state index is 12.9. The van der Waals surface area contributed by atoms with E-state index >= 15 is 0 Å². The Balaban J connectivity index is 2.49. The summed E-state index contributed by atoms with van der Waals surface area (Å²) in [4.78, 5) is 0. The molecule has 0 aliphatic rings. The topological polar surface area (TPSA) is 32.3 Å². The normalized spacial score (nSPS) is 15.0. The van der Waals surface area contributed by atoms with Gasteiger partial charge in [-0.1, -0.05) is 31.5 Å². The number of hydrogen-bond donors (Lipinski definition) is 2. The first kappa shape index (κ1) is 14.4. The average Bonchev–Trinajstić information content (AvgIpc) is 2.23. The van der Waals surface area contributed by atoms with Crippen LogP contribution >= 0.6 is 11.6 Å². The fraction of sp³-hybridized carbons (Fsp3) is 0.538. The van der Waals surface area contributed by atoms with Gasteiger partial charge in [0.05, 0.1) is 10.6 Å². The molecule has 0 radical (unpaired) electrons. The van der Waals surface area contributed by atoms with E-state index in [9.17, 15) is 9.50 Å². The highest BCUT2D eigenvalue weighted by Gasteiger charge is 2.23. The lowest BCUT2D eigenvalue weighted by atomic mass is 9.92. The van der Waals surface area contributed by atoms with Crippen LogP contribution in [0.15, 0.2) is 18.2 Å². The van der Waals surface area contributed by atoms with Crippen LogP contribution in [0.4, 0.5) is 4.39 Å². The second-order valence-corrected chi connectivity index (χ2v) is 5.27. The monoisotopic (exact) mass is 259 g/mol. The van der Waals surface area contributed by atoms with Gasteiger partial charge in [-0.2, -0.15) is 0 Å². The number of hydrogen-bond acceptors (Lipinski definition) is 2. The summed E-state index contributed by atoms with van der Waals surface area (Å²) in [5.74, 6) is -0.239. The largest absolute Gasteiger partial charge is 0.389 e. The Kier molecular flexibility index (Phi) is 4.92. The van der Waals surface area contributed by atoms with Crippen molar-refractivity contribution in [1.29, 1.82) is 0 Å². The minimum atomic E-state index is -0.746. The molecule has 1 unspecified atom stereocenters. The van der Waals surface area contributed by atoms with Crippen molar-refractivity contribution in [3.8, 4) is 0 Å². The molecule has 0 amide bonds. The minimum absolute atomic E-state index is 0.125. The first-order chi connectivity index (χ1) is 7.83. The van der Waals surface area contributed by atoms with Gasteiger partial charge in [0.1, 0.15) is 5.82 Å². The maximum Gasteiger partial charge on any atom is 0.141 e. The smallest absolute Gasteiger partial charge is 0.141 e. The highest BCUT2D eigenvalue weighted by molar-refractivity contribution is 6.30. The lowest BCUT2D eigenvalue weighted by Gasteiger charge is -2.28. The molecule has 1 atom stereocenters. The molecule has 17 heavy (non-hydrogen) atoms. The van der Waals surface area contributed by atoms with Gasteiger partial charge < -0.3 is 10.4 Å². The Morgan fingerprint density at radius 3 is 2.65 bits per heavy atom. The zero-order valence-electron chi connectivity index (χ0n) is 10.4. The molecule has 0 heterocycles. The molecule has 1 aromatic rings.